The second-order valence-corrected chi connectivity index (χ2v) is 8.69. The minimum Gasteiger partial charge on any atom is -0.451 e. The normalized spacial score (nSPS) is 13.5. The van der Waals surface area contributed by atoms with Crippen molar-refractivity contribution < 1.29 is 14.0 Å². The van der Waals surface area contributed by atoms with Crippen LogP contribution in [-0.2, 0) is 4.79 Å². The van der Waals surface area contributed by atoms with Crippen LogP contribution in [0.1, 0.15) is 23.9 Å². The Bertz CT molecular complexity index is 1170. The number of rotatable bonds is 5. The summed E-state index contributed by atoms with van der Waals surface area (Å²) in [7, 11) is 0. The Labute approximate surface area is 208 Å². The Kier molecular flexibility index (Phi) is 7.49. The maximum absolute atomic E-state index is 12.5. The largest absolute Gasteiger partial charge is 0.451 e. The molecular weight excluding hydrogens is 472 g/mol. The van der Waals surface area contributed by atoms with Gasteiger partial charge in [-0.15, -0.1) is 0 Å². The summed E-state index contributed by atoms with van der Waals surface area (Å²) in [6.07, 6.45) is 0.542. The van der Waals surface area contributed by atoms with Crippen molar-refractivity contribution in [3.63, 3.8) is 0 Å². The number of piperazine rings is 1. The van der Waals surface area contributed by atoms with Crippen LogP contribution in [0, 0.1) is 0 Å². The molecule has 2 N–H and O–H groups in total. The van der Waals surface area contributed by atoms with Gasteiger partial charge in [0.15, 0.2) is 10.9 Å². The van der Waals surface area contributed by atoms with Crippen LogP contribution in [0.25, 0.3) is 11.3 Å². The third-order valence-corrected chi connectivity index (χ3v) is 6.07. The van der Waals surface area contributed by atoms with E-state index in [1.165, 1.54) is 0 Å². The van der Waals surface area contributed by atoms with Crippen LogP contribution in [0.4, 0.5) is 11.4 Å². The highest BCUT2D eigenvalue weighted by Crippen LogP contribution is 2.24. The minimum absolute atomic E-state index is 0.158. The van der Waals surface area contributed by atoms with Gasteiger partial charge in [0.2, 0.25) is 5.91 Å². The zero-order valence-electron chi connectivity index (χ0n) is 18.7. The molecule has 0 bridgehead atoms. The number of benzene rings is 2. The van der Waals surface area contributed by atoms with Crippen molar-refractivity contribution in [2.24, 2.45) is 0 Å². The molecule has 1 aliphatic rings. The van der Waals surface area contributed by atoms with Gasteiger partial charge in [-0.05, 0) is 72.9 Å². The molecule has 0 radical (unpaired) electrons. The van der Waals surface area contributed by atoms with Gasteiger partial charge in [-0.1, -0.05) is 18.5 Å². The topological polar surface area (TPSA) is 77.8 Å². The summed E-state index contributed by atoms with van der Waals surface area (Å²) in [6, 6.07) is 18.3. The molecule has 2 amide bonds. The molecule has 0 aliphatic carbocycles. The molecule has 176 valence electrons. The molecule has 7 nitrogen and oxygen atoms in total. The van der Waals surface area contributed by atoms with Crippen LogP contribution in [-0.4, -0.2) is 48.0 Å². The lowest BCUT2D eigenvalue weighted by molar-refractivity contribution is -0.131. The highest BCUT2D eigenvalue weighted by molar-refractivity contribution is 7.80. The second-order valence-electron chi connectivity index (χ2n) is 7.85. The Hall–Kier alpha value is -3.36. The molecule has 1 saturated heterocycles. The van der Waals surface area contributed by atoms with Crippen LogP contribution in [0.3, 0.4) is 0 Å². The fourth-order valence-corrected chi connectivity index (χ4v) is 4.09. The lowest BCUT2D eigenvalue weighted by atomic mass is 10.2. The van der Waals surface area contributed by atoms with Gasteiger partial charge in [0.25, 0.3) is 5.91 Å². The zero-order chi connectivity index (χ0) is 24.1. The lowest BCUT2D eigenvalue weighted by Crippen LogP contribution is -2.48. The van der Waals surface area contributed by atoms with E-state index in [1.54, 1.807) is 24.3 Å². The molecular formula is C25H25ClN4O3S. The maximum Gasteiger partial charge on any atom is 0.293 e. The van der Waals surface area contributed by atoms with Gasteiger partial charge < -0.3 is 19.5 Å². The average Bonchev–Trinajstić information content (AvgIpc) is 3.35. The Morgan fingerprint density at radius 3 is 2.29 bits per heavy atom. The van der Waals surface area contributed by atoms with E-state index in [4.69, 9.17) is 28.2 Å². The third-order valence-electron chi connectivity index (χ3n) is 5.61. The molecule has 0 spiro atoms. The number of furan rings is 1. The predicted octanol–water partition coefficient (Wildman–Crippen LogP) is 4.79. The number of anilines is 2. The Balaban J connectivity index is 1.29. The number of carbonyl (C=O) groups excluding carboxylic acids is 2. The van der Waals surface area contributed by atoms with E-state index in [0.29, 0.717) is 17.2 Å². The molecule has 4 rings (SSSR count). The van der Waals surface area contributed by atoms with E-state index < -0.39 is 5.91 Å². The zero-order valence-corrected chi connectivity index (χ0v) is 20.3. The fraction of sp³-hybridized carbons (Fsp3) is 0.240. The van der Waals surface area contributed by atoms with E-state index in [2.05, 4.69) is 15.5 Å². The predicted molar refractivity (Wildman–Crippen MR) is 138 cm³/mol. The maximum atomic E-state index is 12.5. The second kappa shape index (κ2) is 10.7. The van der Waals surface area contributed by atoms with Crippen molar-refractivity contribution >= 4 is 52.1 Å². The summed E-state index contributed by atoms with van der Waals surface area (Å²) in [5.74, 6) is 0.487. The van der Waals surface area contributed by atoms with Crippen LogP contribution >= 0.6 is 23.8 Å². The molecule has 1 aliphatic heterocycles. The number of nitrogens with one attached hydrogen (secondary N) is 2. The first-order valence-corrected chi connectivity index (χ1v) is 11.8. The van der Waals surface area contributed by atoms with E-state index in [1.807, 2.05) is 48.2 Å². The van der Waals surface area contributed by atoms with E-state index >= 15 is 0 Å². The fourth-order valence-electron chi connectivity index (χ4n) is 3.75. The van der Waals surface area contributed by atoms with E-state index in [-0.39, 0.29) is 16.8 Å². The SMILES string of the molecule is CCC(=O)N1CCN(c2ccc(NC(=S)NC(=O)c3ccc(-c4ccc(Cl)cc4)o3)cc2)CC1. The standard InChI is InChI=1S/C25H25ClN4O3S/c1-2-23(31)30-15-13-29(14-16-30)20-9-7-19(8-10-20)27-25(34)28-24(32)22-12-11-21(33-22)17-3-5-18(26)6-4-17/h3-12H,2,13-16H2,1H3,(H2,27,28,32,34). The number of halogens is 1. The Morgan fingerprint density at radius 2 is 1.65 bits per heavy atom. The molecule has 1 aromatic heterocycles. The van der Waals surface area contributed by atoms with Gasteiger partial charge in [0, 0.05) is 54.6 Å². The van der Waals surface area contributed by atoms with Crippen LogP contribution in [0.2, 0.25) is 5.02 Å². The van der Waals surface area contributed by atoms with Crippen molar-refractivity contribution in [3.05, 3.63) is 71.4 Å². The molecule has 3 aromatic rings. The number of amides is 2. The number of thiocarbonyl (C=S) groups is 1. The summed E-state index contributed by atoms with van der Waals surface area (Å²) < 4.78 is 5.66. The highest BCUT2D eigenvalue weighted by Gasteiger charge is 2.20. The van der Waals surface area contributed by atoms with E-state index in [0.717, 1.165) is 43.1 Å². The first-order valence-electron chi connectivity index (χ1n) is 11.0. The molecule has 0 saturated carbocycles. The van der Waals surface area contributed by atoms with Gasteiger partial charge in [0.05, 0.1) is 0 Å². The van der Waals surface area contributed by atoms with Crippen molar-refractivity contribution in [2.75, 3.05) is 36.4 Å². The van der Waals surface area contributed by atoms with Gasteiger partial charge in [-0.2, -0.15) is 0 Å². The van der Waals surface area contributed by atoms with Crippen molar-refractivity contribution in [1.29, 1.82) is 0 Å². The Morgan fingerprint density at radius 1 is 0.971 bits per heavy atom. The summed E-state index contributed by atoms with van der Waals surface area (Å²) in [5.41, 5.74) is 2.66. The number of hydrogen-bond donors (Lipinski definition) is 2. The number of nitrogens with zero attached hydrogens (tertiary/aromatic N) is 2. The van der Waals surface area contributed by atoms with Gasteiger partial charge >= 0.3 is 0 Å². The lowest BCUT2D eigenvalue weighted by Gasteiger charge is -2.36. The van der Waals surface area contributed by atoms with Crippen molar-refractivity contribution in [1.82, 2.24) is 10.2 Å². The molecule has 2 heterocycles. The van der Waals surface area contributed by atoms with Gasteiger partial charge in [-0.25, -0.2) is 0 Å². The smallest absolute Gasteiger partial charge is 0.293 e. The summed E-state index contributed by atoms with van der Waals surface area (Å²) in [4.78, 5) is 28.5. The molecule has 9 heteroatoms. The summed E-state index contributed by atoms with van der Waals surface area (Å²) in [5, 5.41) is 6.46. The first kappa shape index (κ1) is 23.8. The highest BCUT2D eigenvalue weighted by atomic mass is 35.5. The van der Waals surface area contributed by atoms with Gasteiger partial charge in [-0.3, -0.25) is 14.9 Å². The minimum atomic E-state index is -0.436. The third kappa shape index (κ3) is 5.76. The molecule has 34 heavy (non-hydrogen) atoms. The quantitative estimate of drug-likeness (QED) is 0.495. The monoisotopic (exact) mass is 496 g/mol. The van der Waals surface area contributed by atoms with Crippen LogP contribution in [0.5, 0.6) is 0 Å². The van der Waals surface area contributed by atoms with Gasteiger partial charge in [0.1, 0.15) is 5.76 Å². The summed E-state index contributed by atoms with van der Waals surface area (Å²) >= 11 is 11.2. The van der Waals surface area contributed by atoms with E-state index in [9.17, 15) is 9.59 Å². The first-order chi connectivity index (χ1) is 16.4. The number of carbonyl (C=O) groups is 2. The average molecular weight is 497 g/mol. The van der Waals surface area contributed by atoms with Crippen LogP contribution in [0.15, 0.2) is 65.1 Å². The number of hydrogen-bond acceptors (Lipinski definition) is 5. The molecule has 0 unspecified atom stereocenters. The van der Waals surface area contributed by atoms with Crippen molar-refractivity contribution in [2.45, 2.75) is 13.3 Å². The molecule has 2 aromatic carbocycles. The molecule has 0 atom stereocenters. The van der Waals surface area contributed by atoms with Crippen molar-refractivity contribution in [3.8, 4) is 11.3 Å². The summed E-state index contributed by atoms with van der Waals surface area (Å²) in [6.45, 7) is 4.95. The van der Waals surface area contributed by atoms with Crippen LogP contribution < -0.4 is 15.5 Å². The molecule has 1 fully saturated rings.